The molecule has 2 unspecified atom stereocenters. The number of nitrogens with zero attached hydrogens (tertiary/aromatic N) is 1. The molecule has 2 aliphatic rings. The quantitative estimate of drug-likeness (QED) is 0.729. The number of pyridine rings is 1. The van der Waals surface area contributed by atoms with Crippen molar-refractivity contribution in [3.63, 3.8) is 0 Å². The molecular formula is C17H14Cl2FN3O2. The molecule has 130 valence electrons. The summed E-state index contributed by atoms with van der Waals surface area (Å²) in [5, 5.41) is 2.85. The predicted octanol–water partition coefficient (Wildman–Crippen LogP) is 4.11. The molecule has 25 heavy (non-hydrogen) atoms. The van der Waals surface area contributed by atoms with Gasteiger partial charge in [-0.15, -0.1) is 0 Å². The Bertz CT molecular complexity index is 931. The summed E-state index contributed by atoms with van der Waals surface area (Å²) in [6.07, 6.45) is 3.93. The van der Waals surface area contributed by atoms with Gasteiger partial charge in [-0.2, -0.15) is 0 Å². The van der Waals surface area contributed by atoms with Crippen LogP contribution in [0.1, 0.15) is 30.0 Å². The summed E-state index contributed by atoms with van der Waals surface area (Å²) in [5.41, 5.74) is 1.76. The molecule has 2 atom stereocenters. The van der Waals surface area contributed by atoms with E-state index in [4.69, 9.17) is 23.2 Å². The zero-order chi connectivity index (χ0) is 17.7. The first kappa shape index (κ1) is 16.4. The van der Waals surface area contributed by atoms with E-state index in [0.717, 1.165) is 30.0 Å². The van der Waals surface area contributed by atoms with E-state index in [9.17, 15) is 14.0 Å². The van der Waals surface area contributed by atoms with Crippen LogP contribution >= 0.6 is 23.2 Å². The molecule has 8 heteroatoms. The van der Waals surface area contributed by atoms with Crippen LogP contribution in [0.3, 0.4) is 0 Å². The summed E-state index contributed by atoms with van der Waals surface area (Å²) in [6, 6.07) is 3.44. The fourth-order valence-electron chi connectivity index (χ4n) is 3.76. The lowest BCUT2D eigenvalue weighted by atomic mass is 9.95. The average Bonchev–Trinajstić information content (AvgIpc) is 2.88. The molecule has 0 aliphatic carbocycles. The lowest BCUT2D eigenvalue weighted by molar-refractivity contribution is 0.179. The van der Waals surface area contributed by atoms with Crippen molar-refractivity contribution in [1.82, 2.24) is 9.88 Å². The Morgan fingerprint density at radius 1 is 1.24 bits per heavy atom. The lowest BCUT2D eigenvalue weighted by Crippen LogP contribution is -2.44. The van der Waals surface area contributed by atoms with Gasteiger partial charge in [-0.05, 0) is 42.5 Å². The maximum Gasteiger partial charge on any atom is 0.322 e. The lowest BCUT2D eigenvalue weighted by Gasteiger charge is -2.36. The van der Waals surface area contributed by atoms with Crippen molar-refractivity contribution in [3.8, 4) is 0 Å². The highest BCUT2D eigenvalue weighted by Crippen LogP contribution is 2.43. The zero-order valence-electron chi connectivity index (χ0n) is 13.0. The normalized spacial score (nSPS) is 21.2. The first-order valence-corrected chi connectivity index (χ1v) is 8.65. The smallest absolute Gasteiger partial charge is 0.322 e. The van der Waals surface area contributed by atoms with Gasteiger partial charge in [0.05, 0.1) is 21.8 Å². The molecule has 1 aromatic heterocycles. The van der Waals surface area contributed by atoms with Gasteiger partial charge in [-0.25, -0.2) is 9.18 Å². The van der Waals surface area contributed by atoms with E-state index >= 15 is 0 Å². The molecule has 2 aliphatic heterocycles. The SMILES string of the molecule is O=C(Nc1cc(Cl)c(Cl)cc1F)N1C2CCC1c1c[nH]c(=O)cc1C2. The number of benzene rings is 1. The Morgan fingerprint density at radius 3 is 2.80 bits per heavy atom. The molecule has 0 saturated carbocycles. The summed E-state index contributed by atoms with van der Waals surface area (Å²) in [5.74, 6) is -0.642. The number of carbonyl (C=O) groups excluding carboxylic acids is 1. The average molecular weight is 382 g/mol. The second-order valence-electron chi connectivity index (χ2n) is 6.31. The highest BCUT2D eigenvalue weighted by atomic mass is 35.5. The Balaban J connectivity index is 1.63. The number of hydrogen-bond donors (Lipinski definition) is 2. The van der Waals surface area contributed by atoms with Gasteiger partial charge in [0, 0.05) is 18.3 Å². The minimum Gasteiger partial charge on any atom is -0.329 e. The van der Waals surface area contributed by atoms with Crippen molar-refractivity contribution < 1.29 is 9.18 Å². The summed E-state index contributed by atoms with van der Waals surface area (Å²) in [6.45, 7) is 0. The first-order valence-electron chi connectivity index (χ1n) is 7.89. The maximum atomic E-state index is 14.0. The van der Waals surface area contributed by atoms with Crippen LogP contribution in [0.15, 0.2) is 29.2 Å². The van der Waals surface area contributed by atoms with Crippen molar-refractivity contribution >= 4 is 34.9 Å². The minimum absolute atomic E-state index is 0.00827. The Morgan fingerprint density at radius 2 is 2.00 bits per heavy atom. The molecule has 4 rings (SSSR count). The van der Waals surface area contributed by atoms with Crippen LogP contribution in [-0.4, -0.2) is 22.0 Å². The highest BCUT2D eigenvalue weighted by molar-refractivity contribution is 6.42. The third-order valence-electron chi connectivity index (χ3n) is 4.85. The van der Waals surface area contributed by atoms with Crippen molar-refractivity contribution in [2.45, 2.75) is 31.3 Å². The third-order valence-corrected chi connectivity index (χ3v) is 5.57. The van der Waals surface area contributed by atoms with Gasteiger partial charge in [0.25, 0.3) is 0 Å². The third kappa shape index (κ3) is 2.79. The maximum absolute atomic E-state index is 14.0. The molecule has 0 radical (unpaired) electrons. The number of urea groups is 1. The van der Waals surface area contributed by atoms with Gasteiger partial charge in [-0.3, -0.25) is 4.79 Å². The first-order chi connectivity index (χ1) is 11.9. The Kier molecular flexibility index (Phi) is 3.96. The Labute approximate surface area is 152 Å². The van der Waals surface area contributed by atoms with Crippen LogP contribution in [0.25, 0.3) is 0 Å². The number of H-pyrrole nitrogens is 1. The number of aromatic nitrogens is 1. The Hall–Kier alpha value is -2.05. The molecule has 2 aromatic rings. The van der Waals surface area contributed by atoms with Crippen molar-refractivity contribution in [3.05, 3.63) is 61.7 Å². The molecule has 3 heterocycles. The number of anilines is 1. The molecular weight excluding hydrogens is 368 g/mol. The van der Waals surface area contributed by atoms with Crippen molar-refractivity contribution in [2.75, 3.05) is 5.32 Å². The number of fused-ring (bicyclic) bond motifs is 4. The van der Waals surface area contributed by atoms with Crippen LogP contribution in [0, 0.1) is 5.82 Å². The van der Waals surface area contributed by atoms with Crippen LogP contribution in [0.4, 0.5) is 14.9 Å². The zero-order valence-corrected chi connectivity index (χ0v) is 14.5. The van der Waals surface area contributed by atoms with E-state index in [1.165, 1.54) is 6.07 Å². The summed E-state index contributed by atoms with van der Waals surface area (Å²) < 4.78 is 14.0. The molecule has 2 amide bonds. The van der Waals surface area contributed by atoms with Crippen molar-refractivity contribution in [2.24, 2.45) is 0 Å². The fraction of sp³-hybridized carbons (Fsp3) is 0.294. The van der Waals surface area contributed by atoms with Gasteiger partial charge in [-0.1, -0.05) is 23.2 Å². The van der Waals surface area contributed by atoms with Crippen LogP contribution in [0.5, 0.6) is 0 Å². The largest absolute Gasteiger partial charge is 0.329 e. The number of amides is 2. The number of rotatable bonds is 1. The van der Waals surface area contributed by atoms with Crippen LogP contribution < -0.4 is 10.9 Å². The van der Waals surface area contributed by atoms with E-state index in [1.807, 2.05) is 0 Å². The highest BCUT2D eigenvalue weighted by Gasteiger charge is 2.42. The molecule has 0 spiro atoms. The summed E-state index contributed by atoms with van der Waals surface area (Å²) in [7, 11) is 0. The van der Waals surface area contributed by atoms with Crippen LogP contribution in [-0.2, 0) is 6.42 Å². The molecule has 1 aromatic carbocycles. The monoisotopic (exact) mass is 381 g/mol. The van der Waals surface area contributed by atoms with Gasteiger partial charge >= 0.3 is 6.03 Å². The van der Waals surface area contributed by atoms with Crippen molar-refractivity contribution in [1.29, 1.82) is 0 Å². The van der Waals surface area contributed by atoms with Crippen LogP contribution in [0.2, 0.25) is 10.0 Å². The number of carbonyl (C=O) groups is 1. The molecule has 1 saturated heterocycles. The van der Waals surface area contributed by atoms with Gasteiger partial charge in [0.2, 0.25) is 5.56 Å². The number of nitrogens with one attached hydrogen (secondary N) is 2. The number of hydrogen-bond acceptors (Lipinski definition) is 2. The molecule has 2 N–H and O–H groups in total. The molecule has 5 nitrogen and oxygen atoms in total. The summed E-state index contributed by atoms with van der Waals surface area (Å²) >= 11 is 11.7. The van der Waals surface area contributed by atoms with Gasteiger partial charge < -0.3 is 15.2 Å². The second kappa shape index (κ2) is 6.04. The van der Waals surface area contributed by atoms with E-state index < -0.39 is 5.82 Å². The van der Waals surface area contributed by atoms with Gasteiger partial charge in [0.15, 0.2) is 0 Å². The fourth-order valence-corrected chi connectivity index (χ4v) is 4.07. The minimum atomic E-state index is -0.642. The van der Waals surface area contributed by atoms with E-state index in [2.05, 4.69) is 10.3 Å². The van der Waals surface area contributed by atoms with Gasteiger partial charge in [0.1, 0.15) is 5.82 Å². The topological polar surface area (TPSA) is 65.2 Å². The molecule has 1 fully saturated rings. The van der Waals surface area contributed by atoms with E-state index in [1.54, 1.807) is 17.2 Å². The number of aromatic amines is 1. The number of halogens is 3. The molecule has 2 bridgehead atoms. The van der Waals surface area contributed by atoms with E-state index in [-0.39, 0.29) is 39.4 Å². The standard InChI is InChI=1S/C17H14Cl2FN3O2/c18-11-5-13(20)14(6-12(11)19)22-17(25)23-9-1-2-15(23)10-7-21-16(24)4-8(10)3-9/h4-7,9,15H,1-3H2,(H,21,24)(H,22,25). The van der Waals surface area contributed by atoms with E-state index in [0.29, 0.717) is 6.42 Å². The summed E-state index contributed by atoms with van der Waals surface area (Å²) in [4.78, 5) is 28.7. The second-order valence-corrected chi connectivity index (χ2v) is 7.13. The predicted molar refractivity (Wildman–Crippen MR) is 93.8 cm³/mol.